The molecule has 0 radical (unpaired) electrons. The van der Waals surface area contributed by atoms with Crippen molar-refractivity contribution in [3.8, 4) is 11.5 Å². The molecule has 164 valence electrons. The second kappa shape index (κ2) is 7.30. The lowest BCUT2D eigenvalue weighted by molar-refractivity contribution is -0.152. The van der Waals surface area contributed by atoms with Gasteiger partial charge in [-0.15, -0.1) is 11.3 Å². The van der Waals surface area contributed by atoms with Crippen molar-refractivity contribution in [2.75, 3.05) is 13.7 Å². The number of methoxy groups -OCH3 is 1. The van der Waals surface area contributed by atoms with Crippen LogP contribution in [0.4, 0.5) is 0 Å². The lowest BCUT2D eigenvalue weighted by atomic mass is 9.73. The number of ether oxygens (including phenoxy) is 2. The van der Waals surface area contributed by atoms with Crippen LogP contribution in [-0.4, -0.2) is 41.1 Å². The van der Waals surface area contributed by atoms with E-state index in [4.69, 9.17) is 15.2 Å². The molecule has 2 aromatic rings. The predicted molar refractivity (Wildman–Crippen MR) is 117 cm³/mol. The van der Waals surface area contributed by atoms with Gasteiger partial charge in [0, 0.05) is 11.4 Å². The Bertz CT molecular complexity index is 1070. The van der Waals surface area contributed by atoms with E-state index in [9.17, 15) is 14.7 Å². The number of hydrogen-bond acceptors (Lipinski definition) is 7. The monoisotopic (exact) mass is 442 g/mol. The fourth-order valence-corrected chi connectivity index (χ4v) is 5.41. The van der Waals surface area contributed by atoms with Gasteiger partial charge in [0.1, 0.15) is 16.7 Å². The molecule has 2 aliphatic rings. The number of amides is 1. The van der Waals surface area contributed by atoms with Gasteiger partial charge in [0.15, 0.2) is 11.5 Å². The van der Waals surface area contributed by atoms with Crippen LogP contribution in [0.25, 0.3) is 0 Å². The Labute approximate surface area is 185 Å². The highest BCUT2D eigenvalue weighted by molar-refractivity contribution is 7.10. The Kier molecular flexibility index (Phi) is 5.00. The number of primary amides is 1. The summed E-state index contributed by atoms with van der Waals surface area (Å²) >= 11 is 1.41. The second-order valence-corrected chi connectivity index (χ2v) is 9.76. The molecule has 2 unspecified atom stereocenters. The van der Waals surface area contributed by atoms with Gasteiger partial charge in [-0.25, -0.2) is 4.79 Å². The third-order valence-electron chi connectivity index (χ3n) is 5.72. The first kappa shape index (κ1) is 21.2. The molecule has 0 aliphatic carbocycles. The number of fused-ring (bicyclic) bond motifs is 3. The van der Waals surface area contributed by atoms with Crippen molar-refractivity contribution in [3.63, 3.8) is 0 Å². The van der Waals surface area contributed by atoms with Crippen molar-refractivity contribution in [3.05, 3.63) is 57.4 Å². The molecule has 0 bridgehead atoms. The van der Waals surface area contributed by atoms with Crippen LogP contribution in [0.15, 0.2) is 41.4 Å². The maximum absolute atomic E-state index is 13.1. The highest BCUT2D eigenvalue weighted by Gasteiger charge is 2.57. The molecule has 3 heterocycles. The molecule has 4 rings (SSSR count). The van der Waals surface area contributed by atoms with Crippen molar-refractivity contribution in [2.24, 2.45) is 5.73 Å². The number of nitrogens with zero attached hydrogens (tertiary/aromatic N) is 1. The predicted octanol–water partition coefficient (Wildman–Crippen LogP) is 3.02. The van der Waals surface area contributed by atoms with E-state index >= 15 is 0 Å². The molecule has 2 aliphatic heterocycles. The van der Waals surface area contributed by atoms with Crippen LogP contribution in [0.5, 0.6) is 11.5 Å². The molecule has 8 heteroatoms. The SMILES string of the molecule is COc1cc2c(cc1O)C1N(CC2)C(C(=O)OC(C)(C)C)=CC1(C(N)=O)c1cccs1. The standard InChI is InChI=1S/C23H26N2O5S/c1-22(2,3)30-20(27)15-12-23(21(24)28,18-6-5-9-31-18)19-14-11-16(26)17(29-4)10-13(14)7-8-25(15)19/h5-6,9-12,19,26H,7-8H2,1-4H3,(H2,24,28). The molecule has 3 N–H and O–H groups in total. The largest absolute Gasteiger partial charge is 0.504 e. The molecular formula is C23H26N2O5S. The number of benzene rings is 1. The van der Waals surface area contributed by atoms with Crippen LogP contribution in [0, 0.1) is 0 Å². The topological polar surface area (TPSA) is 102 Å². The number of thiophene rings is 1. The fourth-order valence-electron chi connectivity index (χ4n) is 4.48. The number of aromatic hydroxyl groups is 1. The molecule has 1 amide bonds. The maximum Gasteiger partial charge on any atom is 0.354 e. The van der Waals surface area contributed by atoms with Gasteiger partial charge in [-0.2, -0.15) is 0 Å². The number of carbonyl (C=O) groups is 2. The van der Waals surface area contributed by atoms with E-state index in [1.165, 1.54) is 18.4 Å². The molecule has 7 nitrogen and oxygen atoms in total. The van der Waals surface area contributed by atoms with Crippen LogP contribution in [0.3, 0.4) is 0 Å². The average molecular weight is 443 g/mol. The van der Waals surface area contributed by atoms with Gasteiger partial charge in [-0.1, -0.05) is 6.07 Å². The Balaban J connectivity index is 1.94. The summed E-state index contributed by atoms with van der Waals surface area (Å²) in [6.45, 7) is 5.90. The number of phenolic OH excluding ortho intramolecular Hbond substituents is 1. The molecular weight excluding hydrogens is 416 g/mol. The molecule has 31 heavy (non-hydrogen) atoms. The highest BCUT2D eigenvalue weighted by Crippen LogP contribution is 2.54. The van der Waals surface area contributed by atoms with Crippen LogP contribution >= 0.6 is 11.3 Å². The summed E-state index contributed by atoms with van der Waals surface area (Å²) in [5, 5.41) is 12.4. The lowest BCUT2D eigenvalue weighted by Gasteiger charge is -2.42. The van der Waals surface area contributed by atoms with Crippen LogP contribution in [-0.2, 0) is 26.2 Å². The Morgan fingerprint density at radius 3 is 2.65 bits per heavy atom. The van der Waals surface area contributed by atoms with Gasteiger partial charge in [-0.05, 0) is 68.0 Å². The van der Waals surface area contributed by atoms with Gasteiger partial charge in [-0.3, -0.25) is 4.79 Å². The van der Waals surface area contributed by atoms with Gasteiger partial charge in [0.25, 0.3) is 0 Å². The number of carbonyl (C=O) groups excluding carboxylic acids is 2. The molecule has 1 aromatic heterocycles. The molecule has 0 fully saturated rings. The summed E-state index contributed by atoms with van der Waals surface area (Å²) in [6, 6.07) is 6.52. The minimum absolute atomic E-state index is 0.0293. The number of hydrogen-bond donors (Lipinski definition) is 2. The minimum Gasteiger partial charge on any atom is -0.504 e. The molecule has 0 saturated heterocycles. The van der Waals surface area contributed by atoms with Gasteiger partial charge in [0.05, 0.1) is 13.2 Å². The first-order chi connectivity index (χ1) is 14.6. The average Bonchev–Trinajstić information content (AvgIpc) is 3.32. The van der Waals surface area contributed by atoms with Crippen molar-refractivity contribution < 1.29 is 24.2 Å². The van der Waals surface area contributed by atoms with Gasteiger partial charge in [0.2, 0.25) is 5.91 Å². The summed E-state index contributed by atoms with van der Waals surface area (Å²) in [4.78, 5) is 28.8. The molecule has 0 saturated carbocycles. The molecule has 0 spiro atoms. The van der Waals surface area contributed by atoms with E-state index in [2.05, 4.69) is 0 Å². The summed E-state index contributed by atoms with van der Waals surface area (Å²) < 4.78 is 10.9. The zero-order valence-corrected chi connectivity index (χ0v) is 18.8. The van der Waals surface area contributed by atoms with Crippen molar-refractivity contribution in [1.82, 2.24) is 4.90 Å². The zero-order chi connectivity index (χ0) is 22.6. The maximum atomic E-state index is 13.1. The van der Waals surface area contributed by atoms with E-state index in [-0.39, 0.29) is 5.75 Å². The summed E-state index contributed by atoms with van der Waals surface area (Å²) in [6.07, 6.45) is 2.26. The van der Waals surface area contributed by atoms with Gasteiger partial charge < -0.3 is 25.2 Å². The summed E-state index contributed by atoms with van der Waals surface area (Å²) in [5.74, 6) is -0.727. The first-order valence-electron chi connectivity index (χ1n) is 10.0. The lowest BCUT2D eigenvalue weighted by Crippen LogP contribution is -2.48. The van der Waals surface area contributed by atoms with Crippen LogP contribution < -0.4 is 10.5 Å². The van der Waals surface area contributed by atoms with E-state index in [1.807, 2.05) is 22.4 Å². The Morgan fingerprint density at radius 2 is 2.06 bits per heavy atom. The molecule has 1 aromatic carbocycles. The van der Waals surface area contributed by atoms with Crippen LogP contribution in [0.2, 0.25) is 0 Å². The first-order valence-corrected chi connectivity index (χ1v) is 10.9. The van der Waals surface area contributed by atoms with Crippen molar-refractivity contribution in [1.29, 1.82) is 0 Å². The third kappa shape index (κ3) is 3.35. The van der Waals surface area contributed by atoms with E-state index in [0.717, 1.165) is 16.0 Å². The number of rotatable bonds is 4. The Morgan fingerprint density at radius 1 is 1.32 bits per heavy atom. The van der Waals surface area contributed by atoms with Crippen molar-refractivity contribution in [2.45, 2.75) is 44.2 Å². The quantitative estimate of drug-likeness (QED) is 0.706. The number of esters is 1. The summed E-state index contributed by atoms with van der Waals surface area (Å²) in [7, 11) is 1.49. The number of phenols is 1. The normalized spacial score (nSPS) is 22.4. The highest BCUT2D eigenvalue weighted by atomic mass is 32.1. The Hall–Kier alpha value is -3.00. The fraction of sp³-hybridized carbons (Fsp3) is 0.391. The summed E-state index contributed by atoms with van der Waals surface area (Å²) in [5.41, 5.74) is 6.07. The zero-order valence-electron chi connectivity index (χ0n) is 18.0. The third-order valence-corrected chi connectivity index (χ3v) is 6.74. The number of nitrogens with two attached hydrogens (primary N) is 1. The minimum atomic E-state index is -1.27. The van der Waals surface area contributed by atoms with E-state index in [1.54, 1.807) is 39.0 Å². The second-order valence-electron chi connectivity index (χ2n) is 8.81. The van der Waals surface area contributed by atoms with Crippen molar-refractivity contribution >= 4 is 23.2 Å². The molecule has 2 atom stereocenters. The van der Waals surface area contributed by atoms with E-state index < -0.39 is 28.9 Å². The van der Waals surface area contributed by atoms with E-state index in [0.29, 0.717) is 24.4 Å². The van der Waals surface area contributed by atoms with Gasteiger partial charge >= 0.3 is 5.97 Å². The smallest absolute Gasteiger partial charge is 0.354 e. The van der Waals surface area contributed by atoms with Crippen LogP contribution in [0.1, 0.15) is 42.8 Å².